The molecule has 2 atom stereocenters. The zero-order valence-electron chi connectivity index (χ0n) is 11.5. The van der Waals surface area contributed by atoms with Gasteiger partial charge in [0.2, 0.25) is 0 Å². The van der Waals surface area contributed by atoms with Gasteiger partial charge in [0, 0.05) is 5.92 Å². The lowest BCUT2D eigenvalue weighted by Crippen LogP contribution is -2.33. The lowest BCUT2D eigenvalue weighted by Gasteiger charge is -2.23. The average molecular weight is 257 g/mol. The maximum absolute atomic E-state index is 6.06. The van der Waals surface area contributed by atoms with E-state index >= 15 is 0 Å². The molecule has 0 amide bonds. The van der Waals surface area contributed by atoms with Gasteiger partial charge in [-0.15, -0.1) is 0 Å². The van der Waals surface area contributed by atoms with Crippen molar-refractivity contribution in [3.8, 4) is 5.75 Å². The Balaban J connectivity index is 2.15. The van der Waals surface area contributed by atoms with Gasteiger partial charge in [0.25, 0.3) is 0 Å². The third-order valence-electron chi connectivity index (χ3n) is 3.02. The van der Waals surface area contributed by atoms with Crippen LogP contribution in [0.3, 0.4) is 0 Å². The predicted octanol–water partition coefficient (Wildman–Crippen LogP) is 3.59. The molecule has 0 saturated carbocycles. The molecule has 1 aromatic rings. The van der Waals surface area contributed by atoms with E-state index in [9.17, 15) is 0 Å². The summed E-state index contributed by atoms with van der Waals surface area (Å²) in [6.07, 6.45) is 6.00. The third kappa shape index (κ3) is 3.51. The Morgan fingerprint density at radius 1 is 1.21 bits per heavy atom. The fraction of sp³-hybridized carbons (Fsp3) is 0.333. The van der Waals surface area contributed by atoms with E-state index < -0.39 is 5.54 Å². The molecule has 1 aromatic carbocycles. The monoisotopic (exact) mass is 257 g/mol. The van der Waals surface area contributed by atoms with Crippen LogP contribution in [0.5, 0.6) is 5.75 Å². The summed E-state index contributed by atoms with van der Waals surface area (Å²) in [7, 11) is 1.64. The first-order valence-corrected chi connectivity index (χ1v) is 6.27. The van der Waals surface area contributed by atoms with Crippen molar-refractivity contribution in [1.29, 1.82) is 0 Å². The molecular weight excluding hydrogens is 238 g/mol. The zero-order valence-corrected chi connectivity index (χ0v) is 11.5. The molecule has 0 aliphatic heterocycles. The summed E-state index contributed by atoms with van der Waals surface area (Å²) >= 11 is 0. The number of nitrogens with two attached hydrogens (primary N) is 1. The quantitative estimate of drug-likeness (QED) is 0.664. The zero-order chi connectivity index (χ0) is 13.9. The number of methoxy groups -OCH3 is 1. The van der Waals surface area contributed by atoms with Crippen molar-refractivity contribution < 1.29 is 4.74 Å². The van der Waals surface area contributed by atoms with Crippen molar-refractivity contribution in [3.05, 3.63) is 48.2 Å². The number of hydrogen-bond donors (Lipinski definition) is 1. The first-order valence-electron chi connectivity index (χ1n) is 6.27. The van der Waals surface area contributed by atoms with Gasteiger partial charge in [-0.1, -0.05) is 19.1 Å². The molecule has 19 heavy (non-hydrogen) atoms. The molecule has 2 rings (SSSR count). The van der Waals surface area contributed by atoms with Gasteiger partial charge < -0.3 is 10.5 Å². The molecule has 4 nitrogen and oxygen atoms in total. The smallest absolute Gasteiger partial charge is 0.119 e. The molecule has 0 bridgehead atoms. The van der Waals surface area contributed by atoms with Crippen LogP contribution < -0.4 is 10.5 Å². The van der Waals surface area contributed by atoms with Crippen molar-refractivity contribution in [1.82, 2.24) is 0 Å². The summed E-state index contributed by atoms with van der Waals surface area (Å²) in [5.74, 6) is 1.04. The van der Waals surface area contributed by atoms with E-state index in [2.05, 4.69) is 23.2 Å². The summed E-state index contributed by atoms with van der Waals surface area (Å²) < 4.78 is 5.10. The number of azo groups is 1. The van der Waals surface area contributed by atoms with E-state index in [0.29, 0.717) is 0 Å². The molecule has 1 aliphatic carbocycles. The Hall–Kier alpha value is -1.94. The van der Waals surface area contributed by atoms with Crippen molar-refractivity contribution >= 4 is 5.69 Å². The second-order valence-corrected chi connectivity index (χ2v) is 4.98. The van der Waals surface area contributed by atoms with Crippen LogP contribution in [-0.4, -0.2) is 12.6 Å². The van der Waals surface area contributed by atoms with Crippen molar-refractivity contribution in [2.24, 2.45) is 21.9 Å². The highest BCUT2D eigenvalue weighted by Crippen LogP contribution is 2.26. The molecule has 0 fully saturated rings. The molecule has 2 N–H and O–H groups in total. The molecule has 0 saturated heterocycles. The van der Waals surface area contributed by atoms with Gasteiger partial charge in [-0.3, -0.25) is 0 Å². The Morgan fingerprint density at radius 2 is 1.89 bits per heavy atom. The van der Waals surface area contributed by atoms with Crippen LogP contribution in [0.1, 0.15) is 13.8 Å². The Morgan fingerprint density at radius 3 is 2.53 bits per heavy atom. The van der Waals surface area contributed by atoms with E-state index in [4.69, 9.17) is 10.5 Å². The van der Waals surface area contributed by atoms with Gasteiger partial charge >= 0.3 is 0 Å². The Labute approximate surface area is 113 Å². The van der Waals surface area contributed by atoms with E-state index in [-0.39, 0.29) is 5.92 Å². The largest absolute Gasteiger partial charge is 0.497 e. The maximum atomic E-state index is 6.06. The topological polar surface area (TPSA) is 60.0 Å². The third-order valence-corrected chi connectivity index (χ3v) is 3.02. The molecule has 0 heterocycles. The van der Waals surface area contributed by atoms with Gasteiger partial charge in [0.15, 0.2) is 0 Å². The minimum Gasteiger partial charge on any atom is -0.497 e. The van der Waals surface area contributed by atoms with Crippen molar-refractivity contribution in [2.75, 3.05) is 7.11 Å². The lowest BCUT2D eigenvalue weighted by atomic mass is 9.90. The van der Waals surface area contributed by atoms with E-state index in [0.717, 1.165) is 17.1 Å². The molecule has 0 radical (unpaired) electrons. The summed E-state index contributed by atoms with van der Waals surface area (Å²) in [6, 6.07) is 7.46. The second kappa shape index (κ2) is 5.36. The average Bonchev–Trinajstić information content (AvgIpc) is 2.40. The van der Waals surface area contributed by atoms with Crippen LogP contribution >= 0.6 is 0 Å². The summed E-state index contributed by atoms with van der Waals surface area (Å²) in [5, 5.41) is 8.53. The molecular formula is C15H19N3O. The number of nitrogens with zero attached hydrogens (tertiary/aromatic N) is 2. The van der Waals surface area contributed by atoms with E-state index in [1.165, 1.54) is 0 Å². The van der Waals surface area contributed by atoms with Crippen LogP contribution in [0.25, 0.3) is 0 Å². The van der Waals surface area contributed by atoms with Gasteiger partial charge in [-0.25, -0.2) is 0 Å². The highest BCUT2D eigenvalue weighted by Gasteiger charge is 2.20. The van der Waals surface area contributed by atoms with E-state index in [1.807, 2.05) is 43.3 Å². The standard InChI is InChI=1S/C15H19N3O/c1-11-8-9-15(2,16)10-14(11)18-17-12-4-6-13(19-3)7-5-12/h4-11H,16H2,1-3H3/b18-17+. The van der Waals surface area contributed by atoms with Gasteiger partial charge in [-0.2, -0.15) is 10.2 Å². The first-order chi connectivity index (χ1) is 9.00. The number of rotatable bonds is 3. The van der Waals surface area contributed by atoms with Crippen LogP contribution in [0.15, 0.2) is 58.4 Å². The number of allylic oxidation sites excluding steroid dienone is 1. The van der Waals surface area contributed by atoms with Crippen LogP contribution in [0.4, 0.5) is 5.69 Å². The Bertz CT molecular complexity index is 527. The molecule has 4 heteroatoms. The summed E-state index contributed by atoms with van der Waals surface area (Å²) in [4.78, 5) is 0. The molecule has 0 spiro atoms. The molecule has 100 valence electrons. The first kappa shape index (κ1) is 13.5. The van der Waals surface area contributed by atoms with Crippen LogP contribution in [0, 0.1) is 5.92 Å². The fourth-order valence-corrected chi connectivity index (χ4v) is 1.83. The van der Waals surface area contributed by atoms with Crippen molar-refractivity contribution in [2.45, 2.75) is 19.4 Å². The Kier molecular flexibility index (Phi) is 3.81. The summed E-state index contributed by atoms with van der Waals surface area (Å²) in [5.41, 5.74) is 7.30. The lowest BCUT2D eigenvalue weighted by molar-refractivity contribution is 0.415. The summed E-state index contributed by atoms with van der Waals surface area (Å²) in [6.45, 7) is 4.02. The molecule has 0 aromatic heterocycles. The predicted molar refractivity (Wildman–Crippen MR) is 76.5 cm³/mol. The van der Waals surface area contributed by atoms with Crippen LogP contribution in [0.2, 0.25) is 0 Å². The SMILES string of the molecule is COc1ccc(/N=N/C2=CC(C)(N)C=CC2C)cc1. The van der Waals surface area contributed by atoms with Crippen LogP contribution in [-0.2, 0) is 0 Å². The van der Waals surface area contributed by atoms with Gasteiger partial charge in [0.1, 0.15) is 5.75 Å². The second-order valence-electron chi connectivity index (χ2n) is 4.98. The molecule has 2 unspecified atom stereocenters. The fourth-order valence-electron chi connectivity index (χ4n) is 1.83. The van der Waals surface area contributed by atoms with Gasteiger partial charge in [-0.05, 0) is 37.3 Å². The molecule has 1 aliphatic rings. The van der Waals surface area contributed by atoms with Crippen molar-refractivity contribution in [3.63, 3.8) is 0 Å². The highest BCUT2D eigenvalue weighted by molar-refractivity contribution is 5.41. The minimum atomic E-state index is -0.444. The number of hydrogen-bond acceptors (Lipinski definition) is 4. The highest BCUT2D eigenvalue weighted by atomic mass is 16.5. The van der Waals surface area contributed by atoms with Gasteiger partial charge in [0.05, 0.1) is 24.0 Å². The number of ether oxygens (including phenoxy) is 1. The maximum Gasteiger partial charge on any atom is 0.119 e. The normalized spacial score (nSPS) is 26.5. The van der Waals surface area contributed by atoms with E-state index in [1.54, 1.807) is 7.11 Å². The number of benzene rings is 1. The minimum absolute atomic E-state index is 0.235.